The molecule has 5 nitrogen and oxygen atoms in total. The molecule has 0 radical (unpaired) electrons. The van der Waals surface area contributed by atoms with Crippen molar-refractivity contribution in [2.24, 2.45) is 5.92 Å². The molecule has 3 rings (SSSR count). The van der Waals surface area contributed by atoms with Gasteiger partial charge in [0, 0.05) is 33.5 Å². The Kier molecular flexibility index (Phi) is 11.0. The van der Waals surface area contributed by atoms with Crippen molar-refractivity contribution >= 4 is 25.4 Å². The SMILES string of the molecule is CCC(C)c1ccc(N(CC(C)C)C2CCCCC2)c(Nc2nc(C(F)(F)F)cn2COCC[Si](C)(C)C)c1. The molecule has 1 saturated carbocycles. The molecule has 1 unspecified atom stereocenters. The first-order valence-electron chi connectivity index (χ1n) is 14.7. The van der Waals surface area contributed by atoms with Gasteiger partial charge in [0.1, 0.15) is 6.73 Å². The molecule has 0 aliphatic heterocycles. The normalized spacial score (nSPS) is 16.1. The first kappa shape index (κ1) is 31.5. The fourth-order valence-electron chi connectivity index (χ4n) is 5.09. The lowest BCUT2D eigenvalue weighted by Crippen LogP contribution is -2.39. The first-order chi connectivity index (χ1) is 18.3. The van der Waals surface area contributed by atoms with E-state index < -0.39 is 19.9 Å². The summed E-state index contributed by atoms with van der Waals surface area (Å²) in [6.45, 7) is 17.0. The van der Waals surface area contributed by atoms with E-state index in [9.17, 15) is 13.2 Å². The van der Waals surface area contributed by atoms with E-state index in [-0.39, 0.29) is 12.7 Å². The molecule has 1 atom stereocenters. The Labute approximate surface area is 234 Å². The quantitative estimate of drug-likeness (QED) is 0.194. The van der Waals surface area contributed by atoms with Crippen LogP contribution in [0.25, 0.3) is 0 Å². The molecule has 1 fully saturated rings. The minimum Gasteiger partial charge on any atom is -0.367 e. The molecule has 1 aliphatic carbocycles. The van der Waals surface area contributed by atoms with Gasteiger partial charge in [-0.15, -0.1) is 0 Å². The standard InChI is InChI=1S/C30H49F3N4OSi/c1-8-23(4)24-14-15-27(37(19-22(2)3)25-12-10-9-11-13-25)26(18-24)34-29-35-28(30(31,32)33)20-36(29)21-38-16-17-39(5,6)7/h14-15,18,20,22-23,25H,8-13,16-17,19,21H2,1-7H3,(H,34,35). The fourth-order valence-corrected chi connectivity index (χ4v) is 5.85. The number of rotatable bonds is 13. The molecule has 1 heterocycles. The van der Waals surface area contributed by atoms with Crippen LogP contribution < -0.4 is 10.2 Å². The van der Waals surface area contributed by atoms with Crippen LogP contribution in [0, 0.1) is 5.92 Å². The number of alkyl halides is 3. The fraction of sp³-hybridized carbons (Fsp3) is 0.700. The van der Waals surface area contributed by atoms with E-state index in [2.05, 4.69) is 80.7 Å². The predicted molar refractivity (Wildman–Crippen MR) is 159 cm³/mol. The highest BCUT2D eigenvalue weighted by atomic mass is 28.3. The molecule has 1 aromatic heterocycles. The smallest absolute Gasteiger partial charge is 0.367 e. The van der Waals surface area contributed by atoms with E-state index in [0.29, 0.717) is 24.5 Å². The van der Waals surface area contributed by atoms with Crippen LogP contribution in [0.15, 0.2) is 24.4 Å². The van der Waals surface area contributed by atoms with Gasteiger partial charge in [0.15, 0.2) is 5.69 Å². The number of benzene rings is 1. The van der Waals surface area contributed by atoms with E-state index in [0.717, 1.165) is 55.0 Å². The van der Waals surface area contributed by atoms with Crippen LogP contribution >= 0.6 is 0 Å². The largest absolute Gasteiger partial charge is 0.434 e. The number of imidazole rings is 1. The highest BCUT2D eigenvalue weighted by molar-refractivity contribution is 6.76. The second-order valence-electron chi connectivity index (χ2n) is 12.8. The first-order valence-corrected chi connectivity index (χ1v) is 18.4. The molecule has 0 spiro atoms. The summed E-state index contributed by atoms with van der Waals surface area (Å²) in [7, 11) is -1.32. The molecule has 9 heteroatoms. The Morgan fingerprint density at radius 1 is 1.13 bits per heavy atom. The molecular weight excluding hydrogens is 517 g/mol. The summed E-state index contributed by atoms with van der Waals surface area (Å²) in [6.07, 6.45) is 3.46. The van der Waals surface area contributed by atoms with Crippen molar-refractivity contribution in [3.05, 3.63) is 35.7 Å². The number of hydrogen-bond donors (Lipinski definition) is 1. The molecule has 1 aliphatic rings. The average Bonchev–Trinajstić information content (AvgIpc) is 3.28. The van der Waals surface area contributed by atoms with E-state index in [1.165, 1.54) is 23.8 Å². The van der Waals surface area contributed by atoms with Crippen LogP contribution in [0.4, 0.5) is 30.5 Å². The van der Waals surface area contributed by atoms with Crippen molar-refractivity contribution in [1.29, 1.82) is 0 Å². The van der Waals surface area contributed by atoms with Crippen LogP contribution in [0.3, 0.4) is 0 Å². The lowest BCUT2D eigenvalue weighted by atomic mass is 9.92. The molecule has 1 N–H and O–H groups in total. The maximum atomic E-state index is 13.7. The molecule has 39 heavy (non-hydrogen) atoms. The Morgan fingerprint density at radius 2 is 1.82 bits per heavy atom. The van der Waals surface area contributed by atoms with E-state index in [1.54, 1.807) is 0 Å². The number of nitrogens with one attached hydrogen (secondary N) is 1. The third kappa shape index (κ3) is 9.27. The van der Waals surface area contributed by atoms with E-state index in [1.807, 2.05) is 0 Å². The Hall–Kier alpha value is -2.00. The van der Waals surface area contributed by atoms with Gasteiger partial charge in [-0.25, -0.2) is 4.98 Å². The van der Waals surface area contributed by atoms with E-state index in [4.69, 9.17) is 4.74 Å². The summed E-state index contributed by atoms with van der Waals surface area (Å²) >= 11 is 0. The number of halogens is 3. The number of ether oxygens (including phenoxy) is 1. The molecular formula is C30H49F3N4OSi. The molecule has 0 amide bonds. The van der Waals surface area contributed by atoms with Gasteiger partial charge in [0.05, 0.1) is 11.4 Å². The van der Waals surface area contributed by atoms with Crippen molar-refractivity contribution < 1.29 is 17.9 Å². The summed E-state index contributed by atoms with van der Waals surface area (Å²) in [6, 6.07) is 7.81. The Morgan fingerprint density at radius 3 is 2.41 bits per heavy atom. The van der Waals surface area contributed by atoms with Crippen molar-refractivity contribution in [3.8, 4) is 0 Å². The lowest BCUT2D eigenvalue weighted by molar-refractivity contribution is -0.141. The van der Waals surface area contributed by atoms with Crippen molar-refractivity contribution in [1.82, 2.24) is 9.55 Å². The van der Waals surface area contributed by atoms with Crippen molar-refractivity contribution in [2.45, 2.75) is 117 Å². The summed E-state index contributed by atoms with van der Waals surface area (Å²) in [5.74, 6) is 0.946. The van der Waals surface area contributed by atoms with Gasteiger partial charge in [-0.2, -0.15) is 13.2 Å². The Balaban J connectivity index is 2.01. The number of nitrogens with zero attached hydrogens (tertiary/aromatic N) is 3. The zero-order valence-electron chi connectivity index (χ0n) is 25.0. The minimum atomic E-state index is -4.53. The van der Waals surface area contributed by atoms with Crippen LogP contribution in [-0.2, 0) is 17.6 Å². The monoisotopic (exact) mass is 566 g/mol. The third-order valence-electron chi connectivity index (χ3n) is 7.63. The van der Waals surface area contributed by atoms with Gasteiger partial charge in [-0.1, -0.05) is 72.7 Å². The molecule has 1 aromatic carbocycles. The zero-order valence-corrected chi connectivity index (χ0v) is 26.0. The lowest BCUT2D eigenvalue weighted by Gasteiger charge is -2.38. The second kappa shape index (κ2) is 13.6. The number of hydrogen-bond acceptors (Lipinski definition) is 4. The summed E-state index contributed by atoms with van der Waals surface area (Å²) in [4.78, 5) is 6.49. The summed E-state index contributed by atoms with van der Waals surface area (Å²) in [5, 5.41) is 3.34. The van der Waals surface area contributed by atoms with Crippen molar-refractivity contribution in [2.75, 3.05) is 23.4 Å². The van der Waals surface area contributed by atoms with Crippen LogP contribution in [-0.4, -0.2) is 36.8 Å². The number of anilines is 3. The molecule has 2 aromatic rings. The van der Waals surface area contributed by atoms with Crippen molar-refractivity contribution in [3.63, 3.8) is 0 Å². The van der Waals surface area contributed by atoms with Gasteiger partial charge < -0.3 is 15.0 Å². The van der Waals surface area contributed by atoms with Gasteiger partial charge in [0.2, 0.25) is 5.95 Å². The molecule has 0 saturated heterocycles. The van der Waals surface area contributed by atoms with Gasteiger partial charge in [0.25, 0.3) is 0 Å². The topological polar surface area (TPSA) is 42.3 Å². The maximum absolute atomic E-state index is 13.7. The highest BCUT2D eigenvalue weighted by Crippen LogP contribution is 2.38. The average molecular weight is 567 g/mol. The predicted octanol–water partition coefficient (Wildman–Crippen LogP) is 9.27. The third-order valence-corrected chi connectivity index (χ3v) is 9.33. The van der Waals surface area contributed by atoms with Crippen LogP contribution in [0.2, 0.25) is 25.7 Å². The minimum absolute atomic E-state index is 0.0224. The highest BCUT2D eigenvalue weighted by Gasteiger charge is 2.35. The van der Waals surface area contributed by atoms with Crippen LogP contribution in [0.1, 0.15) is 83.4 Å². The summed E-state index contributed by atoms with van der Waals surface area (Å²) < 4.78 is 48.5. The molecule has 0 bridgehead atoms. The second-order valence-corrected chi connectivity index (χ2v) is 18.4. The Bertz CT molecular complexity index is 1040. The van der Waals surface area contributed by atoms with Gasteiger partial charge >= 0.3 is 6.18 Å². The maximum Gasteiger partial charge on any atom is 0.434 e. The van der Waals surface area contributed by atoms with Gasteiger partial charge in [-0.3, -0.25) is 4.57 Å². The summed E-state index contributed by atoms with van der Waals surface area (Å²) in [5.41, 5.74) is 2.09. The zero-order chi connectivity index (χ0) is 28.8. The van der Waals surface area contributed by atoms with E-state index >= 15 is 0 Å². The van der Waals surface area contributed by atoms with Gasteiger partial charge in [-0.05, 0) is 54.8 Å². The molecule has 220 valence electrons. The number of aromatic nitrogens is 2. The van der Waals surface area contributed by atoms with Crippen LogP contribution in [0.5, 0.6) is 0 Å².